The Morgan fingerprint density at radius 3 is 1.27 bits per heavy atom. The molecule has 0 rings (SSSR count). The molecule has 70 valence electrons. The summed E-state index contributed by atoms with van der Waals surface area (Å²) in [6.45, 7) is 6.90. The molecule has 2 heteroatoms. The van der Waals surface area contributed by atoms with Crippen LogP contribution in [0.25, 0.3) is 0 Å². The maximum atomic E-state index is 4.00. The zero-order valence-corrected chi connectivity index (χ0v) is 10.7. The van der Waals surface area contributed by atoms with E-state index in [1.165, 1.54) is 37.7 Å². The fraction of sp³-hybridized carbons (Fsp3) is 1.00. The van der Waals surface area contributed by atoms with Gasteiger partial charge in [-0.15, -0.1) is 0 Å². The van der Waals surface area contributed by atoms with Crippen LogP contribution in [0.1, 0.15) is 40.0 Å². The van der Waals surface area contributed by atoms with Gasteiger partial charge in [0.05, 0.1) is 0 Å². The van der Waals surface area contributed by atoms with Crippen molar-refractivity contribution in [2.24, 2.45) is 0 Å². The molecular weight excluding hydrogens is 219 g/mol. The zero-order chi connectivity index (χ0) is 8.74. The van der Waals surface area contributed by atoms with Crippen LogP contribution in [0, 0.1) is 0 Å². The monoisotopic (exact) mass is 240 g/mol. The molecule has 0 unspecified atom stereocenters. The van der Waals surface area contributed by atoms with E-state index in [-0.39, 0.29) is 0 Å². The van der Waals surface area contributed by atoms with Crippen LogP contribution in [-0.2, 0) is 0 Å². The Morgan fingerprint density at radius 1 is 0.818 bits per heavy atom. The molecule has 0 aliphatic carbocycles. The second-order valence-corrected chi connectivity index (χ2v) is 12.2. The van der Waals surface area contributed by atoms with E-state index in [1.807, 2.05) is 0 Å². The fourth-order valence-corrected chi connectivity index (χ4v) is 8.73. The Hall–Kier alpha value is 0.910. The molecule has 0 aliphatic rings. The van der Waals surface area contributed by atoms with Crippen molar-refractivity contribution in [3.63, 3.8) is 0 Å². The van der Waals surface area contributed by atoms with Crippen LogP contribution in [0.3, 0.4) is 0 Å². The Morgan fingerprint density at radius 2 is 1.09 bits per heavy atom. The van der Waals surface area contributed by atoms with Crippen LogP contribution in [0.5, 0.6) is 0 Å². The van der Waals surface area contributed by atoms with Crippen molar-refractivity contribution in [2.75, 3.05) is 18.5 Å². The van der Waals surface area contributed by atoms with Crippen LogP contribution < -0.4 is 0 Å². The van der Waals surface area contributed by atoms with Gasteiger partial charge in [0, 0.05) is 0 Å². The first-order chi connectivity index (χ1) is 5.18. The molecule has 0 aromatic heterocycles. The molecule has 11 heavy (non-hydrogen) atoms. The molecule has 0 aromatic carbocycles. The van der Waals surface area contributed by atoms with Gasteiger partial charge < -0.3 is 0 Å². The quantitative estimate of drug-likeness (QED) is 0.609. The second-order valence-electron chi connectivity index (χ2n) is 3.40. The van der Waals surface area contributed by atoms with Crippen LogP contribution in [0.4, 0.5) is 0 Å². The first-order valence-electron chi connectivity index (χ1n) is 4.87. The van der Waals surface area contributed by atoms with Gasteiger partial charge in [0.1, 0.15) is 0 Å². The van der Waals surface area contributed by atoms with Gasteiger partial charge in [-0.1, -0.05) is 0 Å². The first-order valence-corrected chi connectivity index (χ1v) is 9.75. The standard InChI is InChI=1S/C9H22BrP/c1-4-7-11(10,8-5-2)9-6-3/h11H,4-9H2,1-3H3. The zero-order valence-electron chi connectivity index (χ0n) is 8.12. The topological polar surface area (TPSA) is 0 Å². The van der Waals surface area contributed by atoms with Gasteiger partial charge in [-0.2, -0.15) is 0 Å². The Labute approximate surface area is 80.2 Å². The third-order valence-corrected chi connectivity index (χ3v) is 9.85. The van der Waals surface area contributed by atoms with E-state index in [2.05, 4.69) is 36.3 Å². The molecule has 0 amide bonds. The van der Waals surface area contributed by atoms with Gasteiger partial charge in [-0.25, -0.2) is 0 Å². The third-order valence-electron chi connectivity index (χ3n) is 2.09. The molecule has 0 fully saturated rings. The minimum absolute atomic E-state index is 0.937. The van der Waals surface area contributed by atoms with Crippen molar-refractivity contribution in [3.05, 3.63) is 0 Å². The van der Waals surface area contributed by atoms with Gasteiger partial charge in [0.25, 0.3) is 0 Å². The van der Waals surface area contributed by atoms with Crippen LogP contribution in [-0.4, -0.2) is 18.5 Å². The summed E-state index contributed by atoms with van der Waals surface area (Å²) >= 11 is 4.00. The number of halogens is 1. The van der Waals surface area contributed by atoms with Crippen molar-refractivity contribution < 1.29 is 0 Å². The van der Waals surface area contributed by atoms with Crippen molar-refractivity contribution >= 4 is 21.5 Å². The first kappa shape index (κ1) is 11.9. The van der Waals surface area contributed by atoms with E-state index in [1.54, 1.807) is 0 Å². The van der Waals surface area contributed by atoms with Crippen LogP contribution >= 0.6 is 21.5 Å². The normalized spacial score (nSPS) is 13.5. The SMILES string of the molecule is CCC[PH](Br)(CCC)CCC. The fourth-order valence-electron chi connectivity index (χ4n) is 1.72. The average molecular weight is 241 g/mol. The Kier molecular flexibility index (Phi) is 6.96. The van der Waals surface area contributed by atoms with E-state index in [9.17, 15) is 0 Å². The van der Waals surface area contributed by atoms with E-state index in [4.69, 9.17) is 0 Å². The van der Waals surface area contributed by atoms with Crippen molar-refractivity contribution in [2.45, 2.75) is 40.0 Å². The Balaban J connectivity index is 3.79. The van der Waals surface area contributed by atoms with E-state index < -0.39 is 5.96 Å². The van der Waals surface area contributed by atoms with Gasteiger partial charge in [0.2, 0.25) is 0 Å². The van der Waals surface area contributed by atoms with E-state index in [0.717, 1.165) is 0 Å². The molecular formula is C9H22BrP. The summed E-state index contributed by atoms with van der Waals surface area (Å²) < 4.78 is 0. The molecule has 0 aliphatic heterocycles. The van der Waals surface area contributed by atoms with Crippen LogP contribution in [0.2, 0.25) is 0 Å². The number of hydrogen-bond donors (Lipinski definition) is 0. The predicted molar refractivity (Wildman–Crippen MR) is 62.7 cm³/mol. The van der Waals surface area contributed by atoms with Gasteiger partial charge in [-0.05, 0) is 0 Å². The Bertz CT molecular complexity index is 76.5. The van der Waals surface area contributed by atoms with E-state index >= 15 is 0 Å². The molecule has 0 aromatic rings. The summed E-state index contributed by atoms with van der Waals surface area (Å²) in [6, 6.07) is 0. The summed E-state index contributed by atoms with van der Waals surface area (Å²) in [5.41, 5.74) is 0. The predicted octanol–water partition coefficient (Wildman–Crippen LogP) is 4.28. The molecule has 0 heterocycles. The van der Waals surface area contributed by atoms with Crippen molar-refractivity contribution in [1.29, 1.82) is 0 Å². The maximum absolute atomic E-state index is 4.00. The molecule has 0 bridgehead atoms. The summed E-state index contributed by atoms with van der Waals surface area (Å²) in [4.78, 5) is 0. The summed E-state index contributed by atoms with van der Waals surface area (Å²) in [7, 11) is 0. The molecule has 0 saturated heterocycles. The average Bonchev–Trinajstić information content (AvgIpc) is 1.88. The van der Waals surface area contributed by atoms with E-state index in [0.29, 0.717) is 0 Å². The number of hydrogen-bond acceptors (Lipinski definition) is 0. The van der Waals surface area contributed by atoms with Gasteiger partial charge >= 0.3 is 80.0 Å². The summed E-state index contributed by atoms with van der Waals surface area (Å²) in [5, 5.41) is 0. The summed E-state index contributed by atoms with van der Waals surface area (Å²) in [6.07, 6.45) is 8.48. The van der Waals surface area contributed by atoms with Crippen molar-refractivity contribution in [3.8, 4) is 0 Å². The van der Waals surface area contributed by atoms with Gasteiger partial charge in [-0.3, -0.25) is 0 Å². The molecule has 0 N–H and O–H groups in total. The second kappa shape index (κ2) is 6.43. The van der Waals surface area contributed by atoms with Crippen molar-refractivity contribution in [1.82, 2.24) is 0 Å². The minimum atomic E-state index is -0.937. The molecule has 0 nitrogen and oxygen atoms in total. The molecule has 0 saturated carbocycles. The third kappa shape index (κ3) is 5.20. The molecule has 0 atom stereocenters. The summed E-state index contributed by atoms with van der Waals surface area (Å²) in [5.74, 6) is -0.937. The van der Waals surface area contributed by atoms with Gasteiger partial charge in [0.15, 0.2) is 0 Å². The molecule has 0 radical (unpaired) electrons. The number of rotatable bonds is 6. The molecule has 0 spiro atoms. The van der Waals surface area contributed by atoms with Crippen LogP contribution in [0.15, 0.2) is 0 Å².